The number of hydrogen-bond donors (Lipinski definition) is 3. The third-order valence-corrected chi connectivity index (χ3v) is 5.77. The highest BCUT2D eigenvalue weighted by atomic mass is 32.1. The molecule has 7 heteroatoms. The number of fused-ring (bicyclic) bond motifs is 1. The summed E-state index contributed by atoms with van der Waals surface area (Å²) in [6, 6.07) is 17.0. The predicted molar refractivity (Wildman–Crippen MR) is 120 cm³/mol. The number of carboxylic acid groups (broad SMARTS) is 1. The standard InChI is InChI=1S/C24H18O6S/c1-29-20-13-18(9-4-14(20)5-11-22(27)28)30-23-19-10-8-17(26)12-21(19)31-24(23)15-2-6-16(25)7-3-15/h2-13,25-26H,1H3,(H,27,28). The van der Waals surface area contributed by atoms with Gasteiger partial charge in [-0.15, -0.1) is 11.3 Å². The van der Waals surface area contributed by atoms with Crippen LogP contribution in [0.2, 0.25) is 0 Å². The largest absolute Gasteiger partial charge is 0.508 e. The van der Waals surface area contributed by atoms with Crippen LogP contribution in [0.3, 0.4) is 0 Å². The molecule has 0 aliphatic rings. The van der Waals surface area contributed by atoms with E-state index in [2.05, 4.69) is 0 Å². The van der Waals surface area contributed by atoms with Crippen LogP contribution in [0.25, 0.3) is 26.6 Å². The molecule has 0 bridgehead atoms. The van der Waals surface area contributed by atoms with Crippen molar-refractivity contribution in [2.75, 3.05) is 7.11 Å². The van der Waals surface area contributed by atoms with E-state index in [-0.39, 0.29) is 11.5 Å². The zero-order valence-electron chi connectivity index (χ0n) is 16.4. The Bertz CT molecular complexity index is 1290. The van der Waals surface area contributed by atoms with E-state index in [1.165, 1.54) is 24.5 Å². The molecule has 0 saturated heterocycles. The molecule has 0 atom stereocenters. The third-order valence-electron chi connectivity index (χ3n) is 4.59. The van der Waals surface area contributed by atoms with Crippen LogP contribution in [-0.4, -0.2) is 28.4 Å². The summed E-state index contributed by atoms with van der Waals surface area (Å²) < 4.78 is 12.5. The molecule has 0 saturated carbocycles. The lowest BCUT2D eigenvalue weighted by Gasteiger charge is -2.11. The van der Waals surface area contributed by atoms with E-state index in [0.717, 1.165) is 26.6 Å². The lowest BCUT2D eigenvalue weighted by molar-refractivity contribution is -0.131. The van der Waals surface area contributed by atoms with Crippen molar-refractivity contribution in [1.82, 2.24) is 0 Å². The first kappa shape index (κ1) is 20.3. The fraction of sp³-hybridized carbons (Fsp3) is 0.0417. The summed E-state index contributed by atoms with van der Waals surface area (Å²) in [6.45, 7) is 0. The summed E-state index contributed by atoms with van der Waals surface area (Å²) in [5, 5.41) is 29.2. The van der Waals surface area contributed by atoms with E-state index < -0.39 is 5.97 Å². The van der Waals surface area contributed by atoms with Crippen molar-refractivity contribution in [3.05, 3.63) is 72.3 Å². The minimum atomic E-state index is -1.05. The zero-order chi connectivity index (χ0) is 22.0. The smallest absolute Gasteiger partial charge is 0.328 e. The maximum atomic E-state index is 10.8. The fourth-order valence-corrected chi connectivity index (χ4v) is 4.31. The lowest BCUT2D eigenvalue weighted by atomic mass is 10.1. The monoisotopic (exact) mass is 434 g/mol. The van der Waals surface area contributed by atoms with Gasteiger partial charge >= 0.3 is 5.97 Å². The van der Waals surface area contributed by atoms with Gasteiger partial charge < -0.3 is 24.8 Å². The van der Waals surface area contributed by atoms with Gasteiger partial charge in [-0.1, -0.05) is 0 Å². The number of aliphatic carboxylic acids is 1. The quantitative estimate of drug-likeness (QED) is 0.328. The number of aromatic hydroxyl groups is 2. The third kappa shape index (κ3) is 4.31. The molecule has 0 aliphatic heterocycles. The minimum absolute atomic E-state index is 0.161. The van der Waals surface area contributed by atoms with Crippen LogP contribution in [0.4, 0.5) is 0 Å². The summed E-state index contributed by atoms with van der Waals surface area (Å²) in [4.78, 5) is 11.6. The Morgan fingerprint density at radius 1 is 0.968 bits per heavy atom. The molecule has 0 fully saturated rings. The van der Waals surface area contributed by atoms with Crippen molar-refractivity contribution in [1.29, 1.82) is 0 Å². The first-order valence-electron chi connectivity index (χ1n) is 9.26. The Kier molecular flexibility index (Phi) is 5.51. The summed E-state index contributed by atoms with van der Waals surface area (Å²) >= 11 is 1.47. The highest BCUT2D eigenvalue weighted by Gasteiger charge is 2.17. The molecule has 0 radical (unpaired) electrons. The average Bonchev–Trinajstić information content (AvgIpc) is 3.10. The molecule has 0 spiro atoms. The lowest BCUT2D eigenvalue weighted by Crippen LogP contribution is -1.92. The summed E-state index contributed by atoms with van der Waals surface area (Å²) in [5.41, 5.74) is 1.47. The number of rotatable bonds is 6. The highest BCUT2D eigenvalue weighted by Crippen LogP contribution is 2.47. The number of ether oxygens (including phenoxy) is 2. The second-order valence-corrected chi connectivity index (χ2v) is 7.72. The molecular formula is C24H18O6S. The molecule has 6 nitrogen and oxygen atoms in total. The first-order valence-corrected chi connectivity index (χ1v) is 10.1. The van der Waals surface area contributed by atoms with Gasteiger partial charge in [-0.25, -0.2) is 4.79 Å². The Hall–Kier alpha value is -3.97. The maximum Gasteiger partial charge on any atom is 0.328 e. The SMILES string of the molecule is COc1cc(Oc2c(-c3ccc(O)cc3)sc3cc(O)ccc23)ccc1C=CC(=O)O. The van der Waals surface area contributed by atoms with Crippen LogP contribution in [0.1, 0.15) is 5.56 Å². The van der Waals surface area contributed by atoms with Crippen molar-refractivity contribution >= 4 is 33.5 Å². The van der Waals surface area contributed by atoms with E-state index in [1.807, 2.05) is 0 Å². The topological polar surface area (TPSA) is 96.2 Å². The van der Waals surface area contributed by atoms with Crippen LogP contribution < -0.4 is 9.47 Å². The summed E-state index contributed by atoms with van der Waals surface area (Å²) in [7, 11) is 1.50. The predicted octanol–water partition coefficient (Wildman–Crippen LogP) is 5.88. The van der Waals surface area contributed by atoms with Gasteiger partial charge in [0.05, 0.1) is 12.0 Å². The minimum Gasteiger partial charge on any atom is -0.508 e. The molecule has 1 heterocycles. The van der Waals surface area contributed by atoms with Crippen molar-refractivity contribution < 1.29 is 29.6 Å². The molecule has 4 rings (SSSR count). The number of carbonyl (C=O) groups is 1. The van der Waals surface area contributed by atoms with Gasteiger partial charge in [0.2, 0.25) is 0 Å². The van der Waals surface area contributed by atoms with Gasteiger partial charge in [-0.05, 0) is 66.2 Å². The maximum absolute atomic E-state index is 10.8. The van der Waals surface area contributed by atoms with E-state index in [1.54, 1.807) is 60.7 Å². The van der Waals surface area contributed by atoms with Gasteiger partial charge in [0.1, 0.15) is 23.0 Å². The number of carboxylic acids is 1. The molecule has 1 aromatic heterocycles. The molecule has 4 aromatic rings. The second kappa shape index (κ2) is 8.41. The Morgan fingerprint density at radius 3 is 2.42 bits per heavy atom. The van der Waals surface area contributed by atoms with Gasteiger partial charge in [0.15, 0.2) is 5.75 Å². The van der Waals surface area contributed by atoms with Crippen molar-refractivity contribution in [3.63, 3.8) is 0 Å². The molecule has 31 heavy (non-hydrogen) atoms. The molecule has 0 aliphatic carbocycles. The van der Waals surface area contributed by atoms with E-state index in [0.29, 0.717) is 22.8 Å². The number of methoxy groups -OCH3 is 1. The van der Waals surface area contributed by atoms with E-state index in [4.69, 9.17) is 14.6 Å². The first-order chi connectivity index (χ1) is 14.9. The Morgan fingerprint density at radius 2 is 1.71 bits per heavy atom. The van der Waals surface area contributed by atoms with Gasteiger partial charge in [-0.2, -0.15) is 0 Å². The number of phenolic OH excluding ortho intramolecular Hbond substituents is 2. The number of hydrogen-bond acceptors (Lipinski definition) is 6. The van der Waals surface area contributed by atoms with Crippen molar-refractivity contribution in [2.24, 2.45) is 0 Å². The van der Waals surface area contributed by atoms with Crippen LogP contribution in [-0.2, 0) is 4.79 Å². The van der Waals surface area contributed by atoms with Crippen LogP contribution in [0.15, 0.2) is 66.7 Å². The summed E-state index contributed by atoms with van der Waals surface area (Å²) in [6.07, 6.45) is 2.50. The molecule has 156 valence electrons. The average molecular weight is 434 g/mol. The second-order valence-electron chi connectivity index (χ2n) is 6.67. The van der Waals surface area contributed by atoms with Crippen LogP contribution >= 0.6 is 11.3 Å². The van der Waals surface area contributed by atoms with Crippen molar-refractivity contribution in [2.45, 2.75) is 0 Å². The molecule has 3 N–H and O–H groups in total. The molecular weight excluding hydrogens is 416 g/mol. The zero-order valence-corrected chi connectivity index (χ0v) is 17.2. The number of benzene rings is 3. The number of thiophene rings is 1. The van der Waals surface area contributed by atoms with Crippen molar-refractivity contribution in [3.8, 4) is 39.2 Å². The normalized spacial score (nSPS) is 11.1. The van der Waals surface area contributed by atoms with Crippen LogP contribution in [0, 0.1) is 0 Å². The highest BCUT2D eigenvalue weighted by molar-refractivity contribution is 7.22. The summed E-state index contributed by atoms with van der Waals surface area (Å²) in [5.74, 6) is 0.875. The Labute approximate surface area is 181 Å². The van der Waals surface area contributed by atoms with E-state index >= 15 is 0 Å². The van der Waals surface area contributed by atoms with Gasteiger partial charge in [0, 0.05) is 27.8 Å². The number of phenols is 2. The van der Waals surface area contributed by atoms with E-state index in [9.17, 15) is 15.0 Å². The fourth-order valence-electron chi connectivity index (χ4n) is 3.14. The van der Waals surface area contributed by atoms with Gasteiger partial charge in [0.25, 0.3) is 0 Å². The molecule has 3 aromatic carbocycles. The molecule has 0 unspecified atom stereocenters. The molecule has 0 amide bonds. The Balaban J connectivity index is 1.79. The van der Waals surface area contributed by atoms with Gasteiger partial charge in [-0.3, -0.25) is 0 Å². The van der Waals surface area contributed by atoms with Crippen LogP contribution in [0.5, 0.6) is 28.7 Å².